The van der Waals surface area contributed by atoms with Crippen molar-refractivity contribution in [2.45, 2.75) is 39.8 Å². The number of para-hydroxylation sites is 2. The van der Waals surface area contributed by atoms with Crippen LogP contribution in [0.25, 0.3) is 22.1 Å². The minimum Gasteiger partial charge on any atom is -0.368 e. The predicted octanol–water partition coefficient (Wildman–Crippen LogP) is 3.35. The van der Waals surface area contributed by atoms with Gasteiger partial charge in [-0.25, -0.2) is 19.6 Å². The number of benzene rings is 1. The van der Waals surface area contributed by atoms with E-state index in [4.69, 9.17) is 0 Å². The third-order valence-corrected chi connectivity index (χ3v) is 4.47. The van der Waals surface area contributed by atoms with Crippen molar-refractivity contribution in [3.05, 3.63) is 42.6 Å². The number of nitrogens with one attached hydrogen (secondary N) is 1. The second-order valence-corrected chi connectivity index (χ2v) is 7.41. The molecule has 0 bridgehead atoms. The fraction of sp³-hybridized carbons (Fsp3) is 0.368. The molecule has 7 heteroatoms. The van der Waals surface area contributed by atoms with Gasteiger partial charge >= 0.3 is 0 Å². The second-order valence-electron chi connectivity index (χ2n) is 7.41. The Kier molecular flexibility index (Phi) is 3.86. The molecule has 0 aliphatic rings. The summed E-state index contributed by atoms with van der Waals surface area (Å²) >= 11 is 0. The zero-order valence-electron chi connectivity index (χ0n) is 15.6. The molecule has 1 aromatic carbocycles. The van der Waals surface area contributed by atoms with Crippen molar-refractivity contribution in [2.75, 3.05) is 11.9 Å². The molecule has 0 spiro atoms. The number of anilines is 1. The van der Waals surface area contributed by atoms with Crippen molar-refractivity contribution in [3.63, 3.8) is 0 Å². The molecule has 26 heavy (non-hydrogen) atoms. The Hall–Kier alpha value is -2.96. The Bertz CT molecular complexity index is 1070. The third kappa shape index (κ3) is 2.79. The first-order valence-electron chi connectivity index (χ1n) is 8.80. The van der Waals surface area contributed by atoms with Gasteiger partial charge in [-0.1, -0.05) is 12.1 Å². The lowest BCUT2D eigenvalue weighted by atomic mass is 10.1. The summed E-state index contributed by atoms with van der Waals surface area (Å²) in [7, 11) is 0. The van der Waals surface area contributed by atoms with Crippen molar-refractivity contribution in [1.82, 2.24) is 29.3 Å². The number of imidazole rings is 1. The van der Waals surface area contributed by atoms with E-state index < -0.39 is 0 Å². The zero-order chi connectivity index (χ0) is 18.3. The van der Waals surface area contributed by atoms with Gasteiger partial charge < -0.3 is 9.88 Å². The summed E-state index contributed by atoms with van der Waals surface area (Å²) in [5, 5.41) is 8.87. The van der Waals surface area contributed by atoms with Crippen LogP contribution in [0.4, 0.5) is 5.82 Å². The summed E-state index contributed by atoms with van der Waals surface area (Å²) in [4.78, 5) is 13.4. The highest BCUT2D eigenvalue weighted by molar-refractivity contribution is 5.86. The minimum absolute atomic E-state index is 0.125. The van der Waals surface area contributed by atoms with E-state index in [-0.39, 0.29) is 5.54 Å². The number of hydrogen-bond acceptors (Lipinski definition) is 5. The van der Waals surface area contributed by atoms with Gasteiger partial charge in [-0.3, -0.25) is 0 Å². The normalized spacial score (nSPS) is 12.2. The van der Waals surface area contributed by atoms with E-state index in [2.05, 4.69) is 56.8 Å². The van der Waals surface area contributed by atoms with Crippen LogP contribution in [0.3, 0.4) is 0 Å². The average Bonchev–Trinajstić information content (AvgIpc) is 3.16. The summed E-state index contributed by atoms with van der Waals surface area (Å²) in [6.07, 6.45) is 3.42. The monoisotopic (exact) mass is 349 g/mol. The van der Waals surface area contributed by atoms with Crippen molar-refractivity contribution in [1.29, 1.82) is 0 Å². The van der Waals surface area contributed by atoms with E-state index in [1.807, 2.05) is 36.0 Å². The maximum atomic E-state index is 4.62. The van der Waals surface area contributed by atoms with E-state index in [1.165, 1.54) is 0 Å². The molecule has 0 saturated carbocycles. The van der Waals surface area contributed by atoms with E-state index in [0.29, 0.717) is 0 Å². The van der Waals surface area contributed by atoms with Gasteiger partial charge in [0.2, 0.25) is 0 Å². The lowest BCUT2D eigenvalue weighted by Crippen LogP contribution is -2.23. The van der Waals surface area contributed by atoms with Crippen LogP contribution in [-0.2, 0) is 12.1 Å². The Morgan fingerprint density at radius 3 is 2.73 bits per heavy atom. The van der Waals surface area contributed by atoms with Crippen LogP contribution < -0.4 is 5.32 Å². The second kappa shape index (κ2) is 6.09. The van der Waals surface area contributed by atoms with Gasteiger partial charge in [0, 0.05) is 13.1 Å². The number of aryl methyl sites for hydroxylation is 1. The Morgan fingerprint density at radius 1 is 1.12 bits per heavy atom. The van der Waals surface area contributed by atoms with Crippen molar-refractivity contribution >= 4 is 27.9 Å². The van der Waals surface area contributed by atoms with E-state index in [9.17, 15) is 0 Å². The quantitative estimate of drug-likeness (QED) is 0.612. The van der Waals surface area contributed by atoms with Gasteiger partial charge in [-0.05, 0) is 39.8 Å². The van der Waals surface area contributed by atoms with Crippen LogP contribution in [0.5, 0.6) is 0 Å². The topological polar surface area (TPSA) is 73.5 Å². The summed E-state index contributed by atoms with van der Waals surface area (Å²) < 4.78 is 4.15. The molecular formula is C19H23N7. The molecule has 0 aliphatic carbocycles. The van der Waals surface area contributed by atoms with Gasteiger partial charge in [-0.15, -0.1) is 0 Å². The van der Waals surface area contributed by atoms with Crippen molar-refractivity contribution < 1.29 is 0 Å². The molecule has 0 unspecified atom stereocenters. The number of aromatic nitrogens is 6. The molecule has 0 aliphatic heterocycles. The number of rotatable bonds is 4. The first kappa shape index (κ1) is 16.5. The largest absolute Gasteiger partial charge is 0.368 e. The molecule has 3 aromatic heterocycles. The van der Waals surface area contributed by atoms with Gasteiger partial charge in [-0.2, -0.15) is 5.10 Å². The van der Waals surface area contributed by atoms with E-state index in [0.717, 1.165) is 46.8 Å². The molecule has 0 atom stereocenters. The van der Waals surface area contributed by atoms with Gasteiger partial charge in [0.05, 0.1) is 28.2 Å². The molecule has 0 radical (unpaired) electrons. The van der Waals surface area contributed by atoms with Crippen molar-refractivity contribution in [2.24, 2.45) is 0 Å². The predicted molar refractivity (Wildman–Crippen MR) is 103 cm³/mol. The number of hydrogen-bond donors (Lipinski definition) is 1. The summed E-state index contributed by atoms with van der Waals surface area (Å²) in [6, 6.07) is 8.21. The Balaban J connectivity index is 1.57. The number of nitrogens with zero attached hydrogens (tertiary/aromatic N) is 6. The highest BCUT2D eigenvalue weighted by atomic mass is 15.3. The van der Waals surface area contributed by atoms with Crippen molar-refractivity contribution in [3.8, 4) is 0 Å². The summed E-state index contributed by atoms with van der Waals surface area (Å²) in [5.74, 6) is 1.83. The molecule has 0 fully saturated rings. The molecule has 7 nitrogen and oxygen atoms in total. The van der Waals surface area contributed by atoms with E-state index >= 15 is 0 Å². The summed E-state index contributed by atoms with van der Waals surface area (Å²) in [6.45, 7) is 9.93. The van der Waals surface area contributed by atoms with Crippen LogP contribution in [0.15, 0.2) is 36.8 Å². The minimum atomic E-state index is -0.125. The number of fused-ring (bicyclic) bond motifs is 2. The molecule has 134 valence electrons. The average molecular weight is 349 g/mol. The Morgan fingerprint density at radius 2 is 1.92 bits per heavy atom. The van der Waals surface area contributed by atoms with Gasteiger partial charge in [0.1, 0.15) is 18.0 Å². The smallest absolute Gasteiger partial charge is 0.163 e. The summed E-state index contributed by atoms with van der Waals surface area (Å²) in [5.41, 5.74) is 2.90. The molecular weight excluding hydrogens is 326 g/mol. The molecule has 1 N–H and O–H groups in total. The highest BCUT2D eigenvalue weighted by Crippen LogP contribution is 2.24. The molecule has 4 rings (SSSR count). The standard InChI is InChI=1S/C19H23N7/c1-13-24-15-7-5-6-8-16(15)25(13)10-9-20-17-14-11-23-26(19(2,3)4)18(14)22-12-21-17/h5-8,11-12H,9-10H2,1-4H3,(H,20,21,22). The molecule has 0 saturated heterocycles. The first-order valence-corrected chi connectivity index (χ1v) is 8.80. The van der Waals surface area contributed by atoms with Crippen LogP contribution in [0.1, 0.15) is 26.6 Å². The Labute approximate surface area is 152 Å². The van der Waals surface area contributed by atoms with Gasteiger partial charge in [0.15, 0.2) is 5.65 Å². The molecule has 0 amide bonds. The lowest BCUT2D eigenvalue weighted by molar-refractivity contribution is 0.366. The van der Waals surface area contributed by atoms with E-state index in [1.54, 1.807) is 6.33 Å². The van der Waals surface area contributed by atoms with Crippen LogP contribution in [0, 0.1) is 6.92 Å². The lowest BCUT2D eigenvalue weighted by Gasteiger charge is -2.19. The highest BCUT2D eigenvalue weighted by Gasteiger charge is 2.19. The maximum Gasteiger partial charge on any atom is 0.163 e. The zero-order valence-corrected chi connectivity index (χ0v) is 15.6. The maximum absolute atomic E-state index is 4.62. The van der Waals surface area contributed by atoms with Crippen LogP contribution in [-0.4, -0.2) is 35.8 Å². The van der Waals surface area contributed by atoms with Crippen LogP contribution in [0.2, 0.25) is 0 Å². The molecule has 3 heterocycles. The third-order valence-electron chi connectivity index (χ3n) is 4.47. The SMILES string of the molecule is Cc1nc2ccccc2n1CCNc1ncnc2c1cnn2C(C)(C)C. The van der Waals surface area contributed by atoms with Crippen LogP contribution >= 0.6 is 0 Å². The first-order chi connectivity index (χ1) is 12.4. The van der Waals surface area contributed by atoms with Gasteiger partial charge in [0.25, 0.3) is 0 Å². The molecule has 4 aromatic rings. The fourth-order valence-electron chi connectivity index (χ4n) is 3.24. The fourth-order valence-corrected chi connectivity index (χ4v) is 3.24.